The molecule has 14 heavy (non-hydrogen) atoms. The lowest BCUT2D eigenvalue weighted by atomic mass is 10.3. The molecule has 1 aromatic heterocycles. The van der Waals surface area contributed by atoms with Gasteiger partial charge in [-0.05, 0) is 25.7 Å². The van der Waals surface area contributed by atoms with Crippen LogP contribution in [0.5, 0.6) is 0 Å². The minimum atomic E-state index is 0.815. The first-order valence-electron chi connectivity index (χ1n) is 5.09. The number of aryl methyl sites for hydroxylation is 2. The Kier molecular flexibility index (Phi) is 2.13. The van der Waals surface area contributed by atoms with E-state index in [4.69, 9.17) is 5.73 Å². The second-order valence-corrected chi connectivity index (χ2v) is 4.27. The molecule has 1 heterocycles. The average molecular weight is 194 g/mol. The van der Waals surface area contributed by atoms with Crippen molar-refractivity contribution in [2.24, 2.45) is 13.0 Å². The Morgan fingerprint density at radius 3 is 2.64 bits per heavy atom. The van der Waals surface area contributed by atoms with Crippen LogP contribution in [0.3, 0.4) is 0 Å². The highest BCUT2D eigenvalue weighted by atomic mass is 15.4. The van der Waals surface area contributed by atoms with E-state index in [2.05, 4.69) is 17.0 Å². The summed E-state index contributed by atoms with van der Waals surface area (Å²) in [4.78, 5) is 2.22. The molecule has 0 saturated heterocycles. The molecule has 2 N–H and O–H groups in total. The molecule has 0 aromatic carbocycles. The summed E-state index contributed by atoms with van der Waals surface area (Å²) in [6.45, 7) is 3.05. The third-order valence-electron chi connectivity index (χ3n) is 2.83. The predicted octanol–water partition coefficient (Wildman–Crippen LogP) is 1.16. The van der Waals surface area contributed by atoms with Crippen molar-refractivity contribution in [2.45, 2.75) is 19.8 Å². The predicted molar refractivity (Wildman–Crippen MR) is 58.4 cm³/mol. The highest BCUT2D eigenvalue weighted by molar-refractivity contribution is 5.65. The van der Waals surface area contributed by atoms with Crippen LogP contribution in [-0.4, -0.2) is 23.4 Å². The van der Waals surface area contributed by atoms with Gasteiger partial charge < -0.3 is 10.6 Å². The van der Waals surface area contributed by atoms with E-state index >= 15 is 0 Å². The SMILES string of the molecule is Cc1nn(C)c(N(C)CC2CC2)c1N. The van der Waals surface area contributed by atoms with Crippen molar-refractivity contribution in [3.63, 3.8) is 0 Å². The summed E-state index contributed by atoms with van der Waals surface area (Å²) in [6.07, 6.45) is 2.72. The summed E-state index contributed by atoms with van der Waals surface area (Å²) in [5.74, 6) is 1.92. The lowest BCUT2D eigenvalue weighted by Crippen LogP contribution is -2.23. The van der Waals surface area contributed by atoms with Crippen molar-refractivity contribution in [1.29, 1.82) is 0 Å². The second-order valence-electron chi connectivity index (χ2n) is 4.27. The van der Waals surface area contributed by atoms with E-state index < -0.39 is 0 Å². The van der Waals surface area contributed by atoms with Crippen LogP contribution in [0.1, 0.15) is 18.5 Å². The highest BCUT2D eigenvalue weighted by Crippen LogP contribution is 2.32. The quantitative estimate of drug-likeness (QED) is 0.785. The largest absolute Gasteiger partial charge is 0.394 e. The summed E-state index contributed by atoms with van der Waals surface area (Å²) in [7, 11) is 4.03. The molecule has 1 aliphatic carbocycles. The maximum atomic E-state index is 5.98. The average Bonchev–Trinajstić information content (AvgIpc) is 2.83. The van der Waals surface area contributed by atoms with Crippen molar-refractivity contribution in [2.75, 3.05) is 24.2 Å². The van der Waals surface area contributed by atoms with Gasteiger partial charge in [-0.2, -0.15) is 5.10 Å². The second kappa shape index (κ2) is 3.19. The normalized spacial score (nSPS) is 15.9. The van der Waals surface area contributed by atoms with E-state index in [9.17, 15) is 0 Å². The van der Waals surface area contributed by atoms with Crippen molar-refractivity contribution in [3.8, 4) is 0 Å². The smallest absolute Gasteiger partial charge is 0.150 e. The van der Waals surface area contributed by atoms with Gasteiger partial charge in [0.05, 0.1) is 11.4 Å². The van der Waals surface area contributed by atoms with Crippen LogP contribution >= 0.6 is 0 Å². The van der Waals surface area contributed by atoms with E-state index in [0.29, 0.717) is 0 Å². The fraction of sp³-hybridized carbons (Fsp3) is 0.700. The number of aromatic nitrogens is 2. The molecule has 1 saturated carbocycles. The summed E-state index contributed by atoms with van der Waals surface area (Å²) in [5, 5.41) is 4.31. The van der Waals surface area contributed by atoms with Crippen LogP contribution in [-0.2, 0) is 7.05 Å². The molecule has 1 aromatic rings. The molecule has 0 radical (unpaired) electrons. The minimum absolute atomic E-state index is 0.815. The number of nitrogens with zero attached hydrogens (tertiary/aromatic N) is 3. The van der Waals surface area contributed by atoms with Crippen LogP contribution in [0.4, 0.5) is 11.5 Å². The third kappa shape index (κ3) is 1.56. The van der Waals surface area contributed by atoms with Gasteiger partial charge in [-0.3, -0.25) is 4.68 Å². The molecule has 0 amide bonds. The number of nitrogens with two attached hydrogens (primary N) is 1. The molecule has 0 aliphatic heterocycles. The van der Waals surface area contributed by atoms with Gasteiger partial charge in [-0.15, -0.1) is 0 Å². The standard InChI is InChI=1S/C10H18N4/c1-7-9(11)10(14(3)12-7)13(2)6-8-4-5-8/h8H,4-6,11H2,1-3H3. The molecular weight excluding hydrogens is 176 g/mol. The summed E-state index contributed by atoms with van der Waals surface area (Å²) in [6, 6.07) is 0. The Bertz CT molecular complexity index is 338. The molecule has 0 bridgehead atoms. The zero-order chi connectivity index (χ0) is 10.3. The van der Waals surface area contributed by atoms with Crippen LogP contribution in [0, 0.1) is 12.8 Å². The first kappa shape index (κ1) is 9.37. The molecule has 4 heteroatoms. The van der Waals surface area contributed by atoms with Gasteiger partial charge >= 0.3 is 0 Å². The van der Waals surface area contributed by atoms with Gasteiger partial charge in [0, 0.05) is 20.6 Å². The lowest BCUT2D eigenvalue weighted by molar-refractivity contribution is 0.704. The fourth-order valence-electron chi connectivity index (χ4n) is 1.89. The van der Waals surface area contributed by atoms with Crippen molar-refractivity contribution in [1.82, 2.24) is 9.78 Å². The number of anilines is 2. The first-order valence-corrected chi connectivity index (χ1v) is 5.09. The van der Waals surface area contributed by atoms with E-state index in [1.165, 1.54) is 12.8 Å². The minimum Gasteiger partial charge on any atom is -0.394 e. The van der Waals surface area contributed by atoms with Crippen molar-refractivity contribution < 1.29 is 0 Å². The zero-order valence-electron chi connectivity index (χ0n) is 9.12. The Labute approximate surface area is 84.7 Å². The molecule has 78 valence electrons. The van der Waals surface area contributed by atoms with Crippen molar-refractivity contribution >= 4 is 11.5 Å². The third-order valence-corrected chi connectivity index (χ3v) is 2.83. The Hall–Kier alpha value is -1.19. The number of hydrogen-bond acceptors (Lipinski definition) is 3. The van der Waals surface area contributed by atoms with Crippen LogP contribution in [0.15, 0.2) is 0 Å². The van der Waals surface area contributed by atoms with E-state index in [1.807, 2.05) is 18.7 Å². The molecule has 0 atom stereocenters. The number of rotatable bonds is 3. The van der Waals surface area contributed by atoms with Gasteiger partial charge in [-0.1, -0.05) is 0 Å². The number of nitrogen functional groups attached to an aromatic ring is 1. The Morgan fingerprint density at radius 2 is 2.21 bits per heavy atom. The van der Waals surface area contributed by atoms with Crippen LogP contribution in [0.2, 0.25) is 0 Å². The molecule has 0 unspecified atom stereocenters. The maximum Gasteiger partial charge on any atom is 0.150 e. The van der Waals surface area contributed by atoms with Gasteiger partial charge in [-0.25, -0.2) is 0 Å². The zero-order valence-corrected chi connectivity index (χ0v) is 9.12. The fourth-order valence-corrected chi connectivity index (χ4v) is 1.89. The topological polar surface area (TPSA) is 47.1 Å². The number of hydrogen-bond donors (Lipinski definition) is 1. The maximum absolute atomic E-state index is 5.98. The molecule has 1 aliphatic rings. The highest BCUT2D eigenvalue weighted by Gasteiger charge is 2.25. The van der Waals surface area contributed by atoms with Gasteiger partial charge in [0.2, 0.25) is 0 Å². The van der Waals surface area contributed by atoms with Crippen LogP contribution < -0.4 is 10.6 Å². The summed E-state index contributed by atoms with van der Waals surface area (Å²) < 4.78 is 1.87. The molecule has 0 spiro atoms. The van der Waals surface area contributed by atoms with Crippen LogP contribution in [0.25, 0.3) is 0 Å². The van der Waals surface area contributed by atoms with E-state index in [-0.39, 0.29) is 0 Å². The van der Waals surface area contributed by atoms with Gasteiger partial charge in [0.15, 0.2) is 0 Å². The lowest BCUT2D eigenvalue weighted by Gasteiger charge is -2.19. The van der Waals surface area contributed by atoms with Gasteiger partial charge in [0.25, 0.3) is 0 Å². The molecule has 2 rings (SSSR count). The first-order chi connectivity index (χ1) is 6.59. The van der Waals surface area contributed by atoms with Crippen molar-refractivity contribution in [3.05, 3.63) is 5.69 Å². The summed E-state index contributed by atoms with van der Waals surface area (Å²) >= 11 is 0. The van der Waals surface area contributed by atoms with Gasteiger partial charge in [0.1, 0.15) is 5.82 Å². The molecule has 4 nitrogen and oxygen atoms in total. The van der Waals surface area contributed by atoms with E-state index in [0.717, 1.165) is 29.7 Å². The monoisotopic (exact) mass is 194 g/mol. The molecular formula is C10H18N4. The molecule has 1 fully saturated rings. The summed E-state index contributed by atoms with van der Waals surface area (Å²) in [5.41, 5.74) is 7.71. The Balaban J connectivity index is 2.20. The Morgan fingerprint density at radius 1 is 1.57 bits per heavy atom. The van der Waals surface area contributed by atoms with E-state index in [1.54, 1.807) is 0 Å².